The van der Waals surface area contributed by atoms with Gasteiger partial charge in [0.1, 0.15) is 28.7 Å². The number of aldehydes is 1. The van der Waals surface area contributed by atoms with Crippen molar-refractivity contribution in [3.8, 4) is 5.75 Å². The lowest BCUT2D eigenvalue weighted by atomic mass is 10.1. The highest BCUT2D eigenvalue weighted by Gasteiger charge is 2.22. The predicted molar refractivity (Wildman–Crippen MR) is 97.9 cm³/mol. The molecule has 1 aromatic heterocycles. The van der Waals surface area contributed by atoms with Gasteiger partial charge in [-0.3, -0.25) is 14.4 Å². The van der Waals surface area contributed by atoms with Crippen LogP contribution in [0, 0.1) is 17.5 Å². The minimum Gasteiger partial charge on any atom is -0.491 e. The average molecular weight is 428 g/mol. The van der Waals surface area contributed by atoms with Gasteiger partial charge in [0.15, 0.2) is 18.3 Å². The lowest BCUT2D eigenvalue weighted by Crippen LogP contribution is -2.32. The van der Waals surface area contributed by atoms with Crippen LogP contribution in [0.2, 0.25) is 0 Å². The van der Waals surface area contributed by atoms with Gasteiger partial charge in [-0.25, -0.2) is 13.2 Å². The van der Waals surface area contributed by atoms with Gasteiger partial charge >= 0.3 is 0 Å². The number of carbonyl (C=O) groups excluding carboxylic acids is 2. The van der Waals surface area contributed by atoms with Crippen LogP contribution in [0.25, 0.3) is 0 Å². The first-order chi connectivity index (χ1) is 14.3. The van der Waals surface area contributed by atoms with Gasteiger partial charge in [-0.05, 0) is 0 Å². The zero-order valence-corrected chi connectivity index (χ0v) is 16.3. The molecule has 0 aliphatic heterocycles. The topological polar surface area (TPSA) is 95.9 Å². The van der Waals surface area contributed by atoms with Crippen molar-refractivity contribution in [2.75, 3.05) is 21.3 Å². The van der Waals surface area contributed by atoms with Crippen molar-refractivity contribution in [3.63, 3.8) is 0 Å². The molecule has 0 aliphatic rings. The van der Waals surface area contributed by atoms with E-state index in [4.69, 9.17) is 14.2 Å². The summed E-state index contributed by atoms with van der Waals surface area (Å²) < 4.78 is 56.8. The van der Waals surface area contributed by atoms with E-state index in [0.29, 0.717) is 18.4 Å². The lowest BCUT2D eigenvalue weighted by molar-refractivity contribution is -0.111. The summed E-state index contributed by atoms with van der Waals surface area (Å²) in [4.78, 5) is 36.6. The molecule has 0 radical (unpaired) electrons. The molecular weight excluding hydrogens is 409 g/mol. The molecule has 0 aliphatic carbocycles. The van der Waals surface area contributed by atoms with Gasteiger partial charge < -0.3 is 24.1 Å². The molecule has 1 heterocycles. The van der Waals surface area contributed by atoms with Crippen LogP contribution < -0.4 is 15.5 Å². The SMILES string of the molecule is COc1c(C=O)n(CC(OC)OC)cc(C(=O)NCc2c(F)cc(F)cc2F)c1=O. The van der Waals surface area contributed by atoms with E-state index in [9.17, 15) is 27.6 Å². The summed E-state index contributed by atoms with van der Waals surface area (Å²) >= 11 is 0. The second-order valence-corrected chi connectivity index (χ2v) is 5.99. The molecule has 162 valence electrons. The Labute approximate surface area is 169 Å². The van der Waals surface area contributed by atoms with Crippen molar-refractivity contribution >= 4 is 12.2 Å². The monoisotopic (exact) mass is 428 g/mol. The number of methoxy groups -OCH3 is 3. The highest BCUT2D eigenvalue weighted by Crippen LogP contribution is 2.16. The van der Waals surface area contributed by atoms with E-state index in [2.05, 4.69) is 5.32 Å². The molecule has 1 amide bonds. The Balaban J connectivity index is 2.41. The fourth-order valence-electron chi connectivity index (χ4n) is 2.70. The fraction of sp³-hybridized carbons (Fsp3) is 0.316. The third-order valence-electron chi connectivity index (χ3n) is 4.24. The molecule has 11 heteroatoms. The smallest absolute Gasteiger partial charge is 0.257 e. The van der Waals surface area contributed by atoms with Gasteiger partial charge in [0, 0.05) is 44.7 Å². The van der Waals surface area contributed by atoms with Crippen molar-refractivity contribution < 1.29 is 37.0 Å². The summed E-state index contributed by atoms with van der Waals surface area (Å²) in [7, 11) is 3.85. The van der Waals surface area contributed by atoms with Gasteiger partial charge in [-0.1, -0.05) is 0 Å². The second-order valence-electron chi connectivity index (χ2n) is 5.99. The van der Waals surface area contributed by atoms with Crippen LogP contribution in [0.5, 0.6) is 5.75 Å². The van der Waals surface area contributed by atoms with Crippen molar-refractivity contribution in [2.45, 2.75) is 19.4 Å². The summed E-state index contributed by atoms with van der Waals surface area (Å²) in [6.45, 7) is -0.716. The first-order valence-electron chi connectivity index (χ1n) is 8.51. The molecule has 1 N–H and O–H groups in total. The molecule has 0 atom stereocenters. The molecule has 1 aromatic carbocycles. The van der Waals surface area contributed by atoms with Gasteiger partial charge in [0.25, 0.3) is 5.91 Å². The van der Waals surface area contributed by atoms with Crippen LogP contribution in [0.1, 0.15) is 26.4 Å². The maximum Gasteiger partial charge on any atom is 0.257 e. The third kappa shape index (κ3) is 4.86. The van der Waals surface area contributed by atoms with Crippen molar-refractivity contribution in [2.24, 2.45) is 0 Å². The maximum atomic E-state index is 13.8. The number of carbonyl (C=O) groups is 2. The zero-order valence-electron chi connectivity index (χ0n) is 16.3. The highest BCUT2D eigenvalue weighted by molar-refractivity contribution is 5.95. The molecule has 2 rings (SSSR count). The Morgan fingerprint density at radius 1 is 1.17 bits per heavy atom. The average Bonchev–Trinajstić information content (AvgIpc) is 2.71. The normalized spacial score (nSPS) is 10.9. The van der Waals surface area contributed by atoms with Crippen LogP contribution in [-0.4, -0.2) is 44.4 Å². The number of aromatic nitrogens is 1. The summed E-state index contributed by atoms with van der Waals surface area (Å²) in [5.74, 6) is -4.88. The first-order valence-corrected chi connectivity index (χ1v) is 8.51. The number of amides is 1. The van der Waals surface area contributed by atoms with E-state index in [1.54, 1.807) is 0 Å². The van der Waals surface area contributed by atoms with E-state index >= 15 is 0 Å². The van der Waals surface area contributed by atoms with Crippen LogP contribution in [-0.2, 0) is 22.6 Å². The molecule has 0 spiro atoms. The Kier molecular flexibility index (Phi) is 7.72. The van der Waals surface area contributed by atoms with E-state index < -0.39 is 58.5 Å². The highest BCUT2D eigenvalue weighted by atomic mass is 19.1. The van der Waals surface area contributed by atoms with E-state index in [1.165, 1.54) is 18.8 Å². The Bertz CT molecular complexity index is 981. The number of nitrogens with one attached hydrogen (secondary N) is 1. The number of pyridine rings is 1. The molecule has 0 unspecified atom stereocenters. The summed E-state index contributed by atoms with van der Waals surface area (Å²) in [6.07, 6.45) is 0.633. The molecule has 0 saturated heterocycles. The van der Waals surface area contributed by atoms with Gasteiger partial charge in [0.2, 0.25) is 5.43 Å². The molecule has 0 fully saturated rings. The van der Waals surface area contributed by atoms with Crippen LogP contribution in [0.15, 0.2) is 23.1 Å². The van der Waals surface area contributed by atoms with Gasteiger partial charge in [-0.2, -0.15) is 0 Å². The van der Waals surface area contributed by atoms with Crippen molar-refractivity contribution in [1.82, 2.24) is 9.88 Å². The van der Waals surface area contributed by atoms with Crippen molar-refractivity contribution in [1.29, 1.82) is 0 Å². The lowest BCUT2D eigenvalue weighted by Gasteiger charge is -2.19. The number of halogens is 3. The van der Waals surface area contributed by atoms with Crippen LogP contribution in [0.4, 0.5) is 13.2 Å². The summed E-state index contributed by atoms with van der Waals surface area (Å²) in [5.41, 5.74) is -2.10. The van der Waals surface area contributed by atoms with Crippen molar-refractivity contribution in [3.05, 3.63) is 62.8 Å². The van der Waals surface area contributed by atoms with E-state index in [-0.39, 0.29) is 12.2 Å². The number of hydrogen-bond acceptors (Lipinski definition) is 6. The molecule has 8 nitrogen and oxygen atoms in total. The second kappa shape index (κ2) is 10.0. The molecule has 30 heavy (non-hydrogen) atoms. The van der Waals surface area contributed by atoms with Gasteiger partial charge in [0.05, 0.1) is 13.7 Å². The maximum absolute atomic E-state index is 13.8. The zero-order chi connectivity index (χ0) is 22.4. The van der Waals surface area contributed by atoms with Crippen LogP contribution >= 0.6 is 0 Å². The molecule has 2 aromatic rings. The first kappa shape index (κ1) is 23.1. The quantitative estimate of drug-likeness (QED) is 0.482. The minimum absolute atomic E-state index is 0.0702. The van der Waals surface area contributed by atoms with Gasteiger partial charge in [-0.15, -0.1) is 0 Å². The molecule has 0 bridgehead atoms. The number of hydrogen-bond donors (Lipinski definition) is 1. The Morgan fingerprint density at radius 2 is 1.77 bits per heavy atom. The number of rotatable bonds is 9. The summed E-state index contributed by atoms with van der Waals surface area (Å²) in [5, 5.41) is 2.19. The number of benzene rings is 1. The summed E-state index contributed by atoms with van der Waals surface area (Å²) in [6, 6.07) is 0.935. The van der Waals surface area contributed by atoms with E-state index in [1.807, 2.05) is 0 Å². The molecular formula is C19H19F3N2O6. The third-order valence-corrected chi connectivity index (χ3v) is 4.24. The predicted octanol–water partition coefficient (Wildman–Crippen LogP) is 1.64. The standard InChI is InChI=1S/C19H19F3N2O6/c1-28-16(29-2)8-24-7-12(17(26)18(30-3)15(24)9-25)19(27)23-6-11-13(21)4-10(20)5-14(11)22/h4-5,7,9,16H,6,8H2,1-3H3,(H,23,27). The van der Waals surface area contributed by atoms with Crippen LogP contribution in [0.3, 0.4) is 0 Å². The van der Waals surface area contributed by atoms with E-state index in [0.717, 1.165) is 13.3 Å². The molecule has 0 saturated carbocycles. The fourth-order valence-corrected chi connectivity index (χ4v) is 2.70. The minimum atomic E-state index is -1.19. The Hall–Kier alpha value is -3.18. The largest absolute Gasteiger partial charge is 0.491 e. The number of ether oxygens (including phenoxy) is 3. The Morgan fingerprint density at radius 3 is 2.27 bits per heavy atom. The number of nitrogens with zero attached hydrogens (tertiary/aromatic N) is 1.